The Balaban J connectivity index is 2.18. The minimum Gasteiger partial charge on any atom is -0.497 e. The summed E-state index contributed by atoms with van der Waals surface area (Å²) < 4.78 is 46.0. The van der Waals surface area contributed by atoms with Crippen LogP contribution >= 0.6 is 0 Å². The first-order valence-electron chi connectivity index (χ1n) is 6.12. The molecule has 2 aromatic rings. The van der Waals surface area contributed by atoms with E-state index in [9.17, 15) is 13.2 Å². The van der Waals surface area contributed by atoms with Gasteiger partial charge in [-0.05, 0) is 29.8 Å². The molecule has 2 aromatic carbocycles. The van der Waals surface area contributed by atoms with Gasteiger partial charge in [-0.3, -0.25) is 0 Å². The molecule has 0 atom stereocenters. The maximum Gasteiger partial charge on any atom is 0.422 e. The lowest BCUT2D eigenvalue weighted by Crippen LogP contribution is -2.19. The molecule has 6 heteroatoms. The molecule has 2 rings (SSSR count). The predicted octanol–water partition coefficient (Wildman–Crippen LogP) is 3.89. The van der Waals surface area contributed by atoms with Crippen molar-refractivity contribution in [2.75, 3.05) is 19.5 Å². The molecule has 0 aliphatic carbocycles. The number of alkyl halides is 3. The van der Waals surface area contributed by atoms with Crippen LogP contribution in [0.1, 0.15) is 0 Å². The van der Waals surface area contributed by atoms with Crippen molar-refractivity contribution >= 4 is 5.69 Å². The third kappa shape index (κ3) is 4.05. The van der Waals surface area contributed by atoms with Crippen LogP contribution in [0.5, 0.6) is 11.5 Å². The van der Waals surface area contributed by atoms with Crippen LogP contribution in [0.15, 0.2) is 42.5 Å². The topological polar surface area (TPSA) is 44.5 Å². The van der Waals surface area contributed by atoms with Crippen molar-refractivity contribution in [1.29, 1.82) is 0 Å². The molecule has 0 aromatic heterocycles. The largest absolute Gasteiger partial charge is 0.497 e. The number of rotatable bonds is 4. The minimum atomic E-state index is -4.37. The lowest BCUT2D eigenvalue weighted by Gasteiger charge is -2.12. The SMILES string of the molecule is COc1ccc(-c2ccc(OCC(F)(F)F)cc2N)cc1. The van der Waals surface area contributed by atoms with E-state index in [1.807, 2.05) is 12.1 Å². The molecular formula is C15H14F3NO2. The summed E-state index contributed by atoms with van der Waals surface area (Å²) >= 11 is 0. The number of hydrogen-bond acceptors (Lipinski definition) is 3. The fourth-order valence-corrected chi connectivity index (χ4v) is 1.83. The fourth-order valence-electron chi connectivity index (χ4n) is 1.83. The molecule has 0 amide bonds. The number of hydrogen-bond donors (Lipinski definition) is 1. The van der Waals surface area contributed by atoms with E-state index < -0.39 is 12.8 Å². The maximum atomic E-state index is 12.1. The van der Waals surface area contributed by atoms with Gasteiger partial charge in [0, 0.05) is 17.3 Å². The van der Waals surface area contributed by atoms with Crippen molar-refractivity contribution in [2.24, 2.45) is 0 Å². The van der Waals surface area contributed by atoms with Crippen molar-refractivity contribution in [1.82, 2.24) is 0 Å². The monoisotopic (exact) mass is 297 g/mol. The van der Waals surface area contributed by atoms with E-state index in [1.54, 1.807) is 25.3 Å². The van der Waals surface area contributed by atoms with Gasteiger partial charge in [-0.1, -0.05) is 12.1 Å². The molecular weight excluding hydrogens is 283 g/mol. The number of halogens is 3. The molecule has 0 radical (unpaired) electrons. The van der Waals surface area contributed by atoms with Gasteiger partial charge in [0.1, 0.15) is 11.5 Å². The summed E-state index contributed by atoms with van der Waals surface area (Å²) in [6.45, 7) is -1.34. The van der Waals surface area contributed by atoms with E-state index in [0.717, 1.165) is 11.1 Å². The van der Waals surface area contributed by atoms with Gasteiger partial charge >= 0.3 is 6.18 Å². The summed E-state index contributed by atoms with van der Waals surface area (Å²) in [5.41, 5.74) is 7.78. The van der Waals surface area contributed by atoms with Crippen LogP contribution in [0.25, 0.3) is 11.1 Å². The molecule has 112 valence electrons. The summed E-state index contributed by atoms with van der Waals surface area (Å²) in [7, 11) is 1.57. The first kappa shape index (κ1) is 15.0. The Bertz CT molecular complexity index is 609. The highest BCUT2D eigenvalue weighted by atomic mass is 19.4. The smallest absolute Gasteiger partial charge is 0.422 e. The first-order chi connectivity index (χ1) is 9.89. The van der Waals surface area contributed by atoms with Crippen LogP contribution in [0.4, 0.5) is 18.9 Å². The highest BCUT2D eigenvalue weighted by molar-refractivity contribution is 5.77. The van der Waals surface area contributed by atoms with Crippen LogP contribution in [0.2, 0.25) is 0 Å². The highest BCUT2D eigenvalue weighted by Crippen LogP contribution is 2.31. The lowest BCUT2D eigenvalue weighted by atomic mass is 10.0. The second-order valence-corrected chi connectivity index (χ2v) is 4.38. The van der Waals surface area contributed by atoms with Crippen LogP contribution in [0.3, 0.4) is 0 Å². The average molecular weight is 297 g/mol. The second kappa shape index (κ2) is 5.95. The van der Waals surface area contributed by atoms with Crippen molar-refractivity contribution < 1.29 is 22.6 Å². The molecule has 0 bridgehead atoms. The van der Waals surface area contributed by atoms with Crippen LogP contribution < -0.4 is 15.2 Å². The molecule has 0 fully saturated rings. The minimum absolute atomic E-state index is 0.0853. The Morgan fingerprint density at radius 2 is 1.62 bits per heavy atom. The molecule has 0 heterocycles. The molecule has 3 nitrogen and oxygen atoms in total. The Kier molecular flexibility index (Phi) is 4.26. The summed E-state index contributed by atoms with van der Waals surface area (Å²) in [6, 6.07) is 11.7. The van der Waals surface area contributed by atoms with Gasteiger partial charge in [-0.2, -0.15) is 13.2 Å². The molecule has 0 spiro atoms. The number of methoxy groups -OCH3 is 1. The van der Waals surface area contributed by atoms with Gasteiger partial charge in [0.15, 0.2) is 6.61 Å². The van der Waals surface area contributed by atoms with E-state index >= 15 is 0 Å². The Morgan fingerprint density at radius 3 is 2.14 bits per heavy atom. The van der Waals surface area contributed by atoms with Gasteiger partial charge in [-0.15, -0.1) is 0 Å². The van der Waals surface area contributed by atoms with Crippen molar-refractivity contribution in [3.05, 3.63) is 42.5 Å². The third-order valence-electron chi connectivity index (χ3n) is 2.83. The number of ether oxygens (including phenoxy) is 2. The van der Waals surface area contributed by atoms with Crippen molar-refractivity contribution in [3.8, 4) is 22.6 Å². The standard InChI is InChI=1S/C15H14F3NO2/c1-20-11-4-2-10(3-5-11)13-7-6-12(8-14(13)19)21-9-15(16,17)18/h2-8H,9,19H2,1H3. The molecule has 21 heavy (non-hydrogen) atoms. The Morgan fingerprint density at radius 1 is 1.00 bits per heavy atom. The summed E-state index contributed by atoms with van der Waals surface area (Å²) in [5, 5.41) is 0. The second-order valence-electron chi connectivity index (χ2n) is 4.38. The van der Waals surface area contributed by atoms with E-state index in [4.69, 9.17) is 10.5 Å². The zero-order valence-corrected chi connectivity index (χ0v) is 11.3. The third-order valence-corrected chi connectivity index (χ3v) is 2.83. The lowest BCUT2D eigenvalue weighted by molar-refractivity contribution is -0.153. The summed E-state index contributed by atoms with van der Waals surface area (Å²) in [4.78, 5) is 0. The Labute approximate surface area is 120 Å². The van der Waals surface area contributed by atoms with Crippen molar-refractivity contribution in [2.45, 2.75) is 6.18 Å². The summed E-state index contributed by atoms with van der Waals surface area (Å²) in [5.74, 6) is 0.796. The van der Waals surface area contributed by atoms with Crippen LogP contribution in [-0.4, -0.2) is 19.9 Å². The van der Waals surface area contributed by atoms with E-state index in [0.29, 0.717) is 11.4 Å². The number of nitrogen functional groups attached to an aromatic ring is 1. The van der Waals surface area contributed by atoms with E-state index in [2.05, 4.69) is 4.74 Å². The molecule has 0 saturated heterocycles. The number of nitrogens with two attached hydrogens (primary N) is 1. The van der Waals surface area contributed by atoms with Gasteiger partial charge in [0.2, 0.25) is 0 Å². The van der Waals surface area contributed by atoms with Crippen LogP contribution in [-0.2, 0) is 0 Å². The van der Waals surface area contributed by atoms with E-state index in [1.165, 1.54) is 12.1 Å². The molecule has 2 N–H and O–H groups in total. The Hall–Kier alpha value is -2.37. The van der Waals surface area contributed by atoms with Gasteiger partial charge < -0.3 is 15.2 Å². The molecule has 0 aliphatic heterocycles. The number of anilines is 1. The zero-order valence-electron chi connectivity index (χ0n) is 11.3. The fraction of sp³-hybridized carbons (Fsp3) is 0.200. The first-order valence-corrected chi connectivity index (χ1v) is 6.12. The predicted molar refractivity (Wildman–Crippen MR) is 74.4 cm³/mol. The van der Waals surface area contributed by atoms with Crippen molar-refractivity contribution in [3.63, 3.8) is 0 Å². The average Bonchev–Trinajstić information content (AvgIpc) is 2.45. The normalized spacial score (nSPS) is 11.2. The van der Waals surface area contributed by atoms with E-state index in [-0.39, 0.29) is 5.75 Å². The zero-order chi connectivity index (χ0) is 15.5. The molecule has 0 aliphatic rings. The van der Waals surface area contributed by atoms with Gasteiger partial charge in [0.25, 0.3) is 0 Å². The maximum absolute atomic E-state index is 12.1. The summed E-state index contributed by atoms with van der Waals surface area (Å²) in [6.07, 6.45) is -4.37. The van der Waals surface area contributed by atoms with Crippen LogP contribution in [0, 0.1) is 0 Å². The van der Waals surface area contributed by atoms with Gasteiger partial charge in [0.05, 0.1) is 7.11 Å². The quantitative estimate of drug-likeness (QED) is 0.871. The molecule has 0 unspecified atom stereocenters. The highest BCUT2D eigenvalue weighted by Gasteiger charge is 2.28. The van der Waals surface area contributed by atoms with Gasteiger partial charge in [-0.25, -0.2) is 0 Å². The molecule has 0 saturated carbocycles. The number of benzene rings is 2.